The van der Waals surface area contributed by atoms with Gasteiger partial charge in [0.2, 0.25) is 5.52 Å². The molecule has 2 heteroatoms. The monoisotopic (exact) mass is 298 g/mol. The molecule has 0 atom stereocenters. The second kappa shape index (κ2) is 4.56. The molecule has 0 aliphatic carbocycles. The molecule has 2 nitrogen and oxygen atoms in total. The van der Waals surface area contributed by atoms with E-state index >= 15 is 0 Å². The van der Waals surface area contributed by atoms with Crippen LogP contribution in [0.15, 0.2) is 66.9 Å². The topological polar surface area (TPSA) is 13.1 Å². The molecule has 0 spiro atoms. The predicted octanol–water partition coefficient (Wildman–Crippen LogP) is 4.32. The first-order valence-corrected chi connectivity index (χ1v) is 7.86. The summed E-state index contributed by atoms with van der Waals surface area (Å²) >= 11 is 0. The van der Waals surface area contributed by atoms with Gasteiger partial charge in [-0.25, -0.2) is 0 Å². The molecule has 0 saturated heterocycles. The smallest absolute Gasteiger partial charge is 0.221 e. The Morgan fingerprint density at radius 3 is 2.61 bits per heavy atom. The number of pyridine rings is 1. The summed E-state index contributed by atoms with van der Waals surface area (Å²) in [6, 6.07) is 21.5. The molecule has 110 valence electrons. The second-order valence-corrected chi connectivity index (χ2v) is 6.07. The van der Waals surface area contributed by atoms with Crippen LogP contribution in [0.5, 0.6) is 5.75 Å². The van der Waals surface area contributed by atoms with Gasteiger partial charge in [0.1, 0.15) is 5.75 Å². The Balaban J connectivity index is 2.03. The van der Waals surface area contributed by atoms with Gasteiger partial charge in [-0.15, -0.1) is 0 Å². The van der Waals surface area contributed by atoms with E-state index in [1.165, 1.54) is 38.4 Å². The third-order valence-corrected chi connectivity index (χ3v) is 4.80. The maximum absolute atomic E-state index is 5.58. The molecule has 4 aromatic rings. The van der Waals surface area contributed by atoms with Gasteiger partial charge in [-0.05, 0) is 23.8 Å². The molecule has 0 radical (unpaired) electrons. The van der Waals surface area contributed by atoms with Crippen LogP contribution < -0.4 is 9.30 Å². The Labute approximate surface area is 134 Å². The average Bonchev–Trinajstić information content (AvgIpc) is 2.61. The van der Waals surface area contributed by atoms with Crippen molar-refractivity contribution in [3.63, 3.8) is 0 Å². The minimum absolute atomic E-state index is 0.909. The molecule has 3 aromatic carbocycles. The molecule has 0 amide bonds. The summed E-state index contributed by atoms with van der Waals surface area (Å²) in [6.07, 6.45) is 2.27. The van der Waals surface area contributed by atoms with E-state index in [1.807, 2.05) is 0 Å². The average molecular weight is 298 g/mol. The fourth-order valence-corrected chi connectivity index (χ4v) is 3.76. The molecule has 23 heavy (non-hydrogen) atoms. The van der Waals surface area contributed by atoms with Crippen LogP contribution >= 0.6 is 0 Å². The van der Waals surface area contributed by atoms with Crippen molar-refractivity contribution < 1.29 is 9.30 Å². The largest absolute Gasteiger partial charge is 0.497 e. The number of aromatic nitrogens is 1. The third-order valence-electron chi connectivity index (χ3n) is 4.80. The zero-order chi connectivity index (χ0) is 15.4. The van der Waals surface area contributed by atoms with Crippen molar-refractivity contribution >= 4 is 21.7 Å². The van der Waals surface area contributed by atoms with Crippen molar-refractivity contribution in [2.45, 2.75) is 6.54 Å². The maximum Gasteiger partial charge on any atom is 0.221 e. The van der Waals surface area contributed by atoms with Crippen LogP contribution in [0.3, 0.4) is 0 Å². The molecule has 0 bridgehead atoms. The normalized spacial score (nSPS) is 12.4. The summed E-state index contributed by atoms with van der Waals surface area (Å²) in [5, 5.41) is 3.80. The van der Waals surface area contributed by atoms with Gasteiger partial charge < -0.3 is 4.74 Å². The van der Waals surface area contributed by atoms with Crippen molar-refractivity contribution in [3.05, 3.63) is 72.4 Å². The first kappa shape index (κ1) is 12.7. The third kappa shape index (κ3) is 1.72. The van der Waals surface area contributed by atoms with Crippen molar-refractivity contribution in [1.29, 1.82) is 0 Å². The molecule has 0 saturated carbocycles. The highest BCUT2D eigenvalue weighted by Crippen LogP contribution is 2.38. The molecule has 2 heterocycles. The Kier molecular flexibility index (Phi) is 2.51. The van der Waals surface area contributed by atoms with E-state index in [0.29, 0.717) is 0 Å². The quantitative estimate of drug-likeness (QED) is 0.332. The van der Waals surface area contributed by atoms with Gasteiger partial charge in [-0.2, -0.15) is 4.57 Å². The van der Waals surface area contributed by atoms with Crippen molar-refractivity contribution in [2.75, 3.05) is 7.11 Å². The van der Waals surface area contributed by atoms with Gasteiger partial charge in [-0.3, -0.25) is 0 Å². The number of ether oxygens (including phenoxy) is 1. The molecule has 1 aliphatic rings. The summed E-state index contributed by atoms with van der Waals surface area (Å²) in [7, 11) is 1.74. The Morgan fingerprint density at radius 1 is 0.870 bits per heavy atom. The maximum atomic E-state index is 5.58. The lowest BCUT2D eigenvalue weighted by Crippen LogP contribution is -2.37. The van der Waals surface area contributed by atoms with Gasteiger partial charge in [0.05, 0.1) is 18.1 Å². The van der Waals surface area contributed by atoms with E-state index in [9.17, 15) is 0 Å². The van der Waals surface area contributed by atoms with Crippen LogP contribution in [0.25, 0.3) is 32.8 Å². The number of rotatable bonds is 1. The second-order valence-electron chi connectivity index (χ2n) is 6.07. The van der Waals surface area contributed by atoms with Gasteiger partial charge >= 0.3 is 0 Å². The minimum atomic E-state index is 0.909. The zero-order valence-electron chi connectivity index (χ0n) is 12.9. The highest BCUT2D eigenvalue weighted by Gasteiger charge is 2.26. The summed E-state index contributed by atoms with van der Waals surface area (Å²) in [5.41, 5.74) is 5.22. The highest BCUT2D eigenvalue weighted by molar-refractivity contribution is 6.09. The Morgan fingerprint density at radius 2 is 1.70 bits per heavy atom. The fraction of sp³-hybridized carbons (Fsp3) is 0.0952. The number of methoxy groups -OCH3 is 1. The lowest BCUT2D eigenvalue weighted by molar-refractivity contribution is -0.661. The number of nitrogens with zero attached hydrogens (tertiary/aromatic N) is 1. The molecule has 0 N–H and O–H groups in total. The lowest BCUT2D eigenvalue weighted by atomic mass is 9.92. The SMILES string of the molecule is COc1cc2c3c(c1)c1ccccc1c[n+]3Cc1ccccc1-2. The Hall–Kier alpha value is -2.87. The van der Waals surface area contributed by atoms with Crippen LogP contribution in [-0.4, -0.2) is 7.11 Å². The van der Waals surface area contributed by atoms with Crippen molar-refractivity contribution in [2.24, 2.45) is 0 Å². The van der Waals surface area contributed by atoms with E-state index in [-0.39, 0.29) is 0 Å². The predicted molar refractivity (Wildman–Crippen MR) is 92.7 cm³/mol. The first-order chi connectivity index (χ1) is 11.3. The van der Waals surface area contributed by atoms with Gasteiger partial charge in [-0.1, -0.05) is 42.5 Å². The molecular weight excluding hydrogens is 282 g/mol. The van der Waals surface area contributed by atoms with Gasteiger partial charge in [0.25, 0.3) is 0 Å². The van der Waals surface area contributed by atoms with E-state index < -0.39 is 0 Å². The van der Waals surface area contributed by atoms with E-state index in [1.54, 1.807) is 7.11 Å². The first-order valence-electron chi connectivity index (χ1n) is 7.86. The molecule has 1 aliphatic heterocycles. The summed E-state index contributed by atoms with van der Waals surface area (Å²) < 4.78 is 7.95. The van der Waals surface area contributed by atoms with Crippen molar-refractivity contribution in [1.82, 2.24) is 0 Å². The summed E-state index contributed by atoms with van der Waals surface area (Å²) in [5.74, 6) is 0.909. The van der Waals surface area contributed by atoms with Gasteiger partial charge in [0, 0.05) is 16.3 Å². The molecule has 0 unspecified atom stereocenters. The van der Waals surface area contributed by atoms with Crippen LogP contribution in [0.4, 0.5) is 0 Å². The minimum Gasteiger partial charge on any atom is -0.497 e. The van der Waals surface area contributed by atoms with Crippen LogP contribution in [0.1, 0.15) is 5.56 Å². The van der Waals surface area contributed by atoms with Crippen molar-refractivity contribution in [3.8, 4) is 16.9 Å². The lowest BCUT2D eigenvalue weighted by Gasteiger charge is -2.18. The van der Waals surface area contributed by atoms with Crippen LogP contribution in [0, 0.1) is 0 Å². The molecule has 1 aromatic heterocycles. The molecular formula is C21H16NO+. The zero-order valence-corrected chi connectivity index (χ0v) is 12.9. The molecule has 5 rings (SSSR count). The summed E-state index contributed by atoms with van der Waals surface area (Å²) in [6.45, 7) is 0.914. The number of hydrogen-bond acceptors (Lipinski definition) is 1. The number of fused-ring (bicyclic) bond motifs is 4. The molecule has 0 fully saturated rings. The Bertz CT molecular complexity index is 1080. The fourth-order valence-electron chi connectivity index (χ4n) is 3.76. The number of benzene rings is 3. The van der Waals surface area contributed by atoms with Gasteiger partial charge in [0.15, 0.2) is 12.7 Å². The number of hydrogen-bond donors (Lipinski definition) is 0. The van der Waals surface area contributed by atoms with Crippen LogP contribution in [-0.2, 0) is 6.54 Å². The van der Waals surface area contributed by atoms with E-state index in [0.717, 1.165) is 12.3 Å². The standard InChI is InChI=1S/C21H16NO/c1-23-16-10-19-17-8-4-2-6-14(17)12-22-13-15-7-3-5-9-18(15)20(11-16)21(19)22/h2-12H,13H2,1H3/q+1. The van der Waals surface area contributed by atoms with Crippen LogP contribution in [0.2, 0.25) is 0 Å². The van der Waals surface area contributed by atoms with E-state index in [2.05, 4.69) is 71.4 Å². The highest BCUT2D eigenvalue weighted by atomic mass is 16.5. The van der Waals surface area contributed by atoms with E-state index in [4.69, 9.17) is 4.74 Å². The summed E-state index contributed by atoms with van der Waals surface area (Å²) in [4.78, 5) is 0.